The second kappa shape index (κ2) is 7.68. The van der Waals surface area contributed by atoms with Gasteiger partial charge in [0.2, 0.25) is 0 Å². The highest BCUT2D eigenvalue weighted by atomic mass is 35.5. The third kappa shape index (κ3) is 4.68. The highest BCUT2D eigenvalue weighted by molar-refractivity contribution is 7.90. The number of rotatable bonds is 5. The Balaban J connectivity index is 1.85. The number of piperidine rings is 1. The quantitative estimate of drug-likeness (QED) is 0.857. The van der Waals surface area contributed by atoms with E-state index in [9.17, 15) is 8.42 Å². The lowest BCUT2D eigenvalue weighted by Crippen LogP contribution is -2.30. The molecule has 1 aliphatic rings. The predicted octanol–water partition coefficient (Wildman–Crippen LogP) is 2.58. The van der Waals surface area contributed by atoms with Gasteiger partial charge in [0, 0.05) is 29.9 Å². The first-order valence-electron chi connectivity index (χ1n) is 8.08. The molecule has 1 aliphatic heterocycles. The molecular weight excluding hydrogens is 362 g/mol. The zero-order valence-corrected chi connectivity index (χ0v) is 15.5. The molecule has 2 aromatic rings. The second-order valence-electron chi connectivity index (χ2n) is 6.10. The van der Waals surface area contributed by atoms with Gasteiger partial charge in [-0.25, -0.2) is 18.4 Å². The van der Waals surface area contributed by atoms with Crippen LogP contribution >= 0.6 is 11.6 Å². The van der Waals surface area contributed by atoms with E-state index in [2.05, 4.69) is 15.3 Å². The van der Waals surface area contributed by atoms with Gasteiger partial charge in [0.1, 0.15) is 17.3 Å². The van der Waals surface area contributed by atoms with E-state index in [1.165, 1.54) is 12.5 Å². The number of ether oxygens (including phenoxy) is 1. The minimum absolute atomic E-state index is 0.0615. The molecule has 0 aliphatic carbocycles. The molecule has 8 heteroatoms. The first-order chi connectivity index (χ1) is 11.9. The van der Waals surface area contributed by atoms with Crippen molar-refractivity contribution >= 4 is 21.4 Å². The second-order valence-corrected chi connectivity index (χ2v) is 8.52. The Kier molecular flexibility index (Phi) is 5.56. The molecule has 1 saturated heterocycles. The Labute approximate surface area is 152 Å². The minimum atomic E-state index is -3.38. The lowest BCUT2D eigenvalue weighted by atomic mass is 9.96. The van der Waals surface area contributed by atoms with E-state index in [0.29, 0.717) is 28.8 Å². The standard InChI is InChI=1S/C17H20ClN3O3S/c1-25(22,23)15-10-20-16(11-24-14-6-2-5-13(18)8-14)21-17(15)12-4-3-7-19-9-12/h2,5-6,8,10,12,19H,3-4,7,9,11H2,1H3/t12-/m1/s1. The van der Waals surface area contributed by atoms with Crippen LogP contribution in [0.15, 0.2) is 35.4 Å². The average molecular weight is 382 g/mol. The fourth-order valence-corrected chi connectivity index (χ4v) is 3.88. The number of hydrogen-bond acceptors (Lipinski definition) is 6. The van der Waals surface area contributed by atoms with Crippen molar-refractivity contribution in [2.75, 3.05) is 19.3 Å². The maximum absolute atomic E-state index is 12.1. The van der Waals surface area contributed by atoms with E-state index in [4.69, 9.17) is 16.3 Å². The topological polar surface area (TPSA) is 81.2 Å². The van der Waals surface area contributed by atoms with Gasteiger partial charge in [0.15, 0.2) is 15.7 Å². The lowest BCUT2D eigenvalue weighted by molar-refractivity contribution is 0.294. The summed E-state index contributed by atoms with van der Waals surface area (Å²) < 4.78 is 29.8. The molecule has 0 amide bonds. The number of nitrogens with zero attached hydrogens (tertiary/aromatic N) is 2. The van der Waals surface area contributed by atoms with E-state index < -0.39 is 9.84 Å². The van der Waals surface area contributed by atoms with Crippen LogP contribution in [-0.2, 0) is 16.4 Å². The monoisotopic (exact) mass is 381 g/mol. The maximum atomic E-state index is 12.1. The van der Waals surface area contributed by atoms with Gasteiger partial charge in [-0.2, -0.15) is 0 Å². The van der Waals surface area contributed by atoms with Crippen LogP contribution in [0.4, 0.5) is 0 Å². The summed E-state index contributed by atoms with van der Waals surface area (Å²) in [6.45, 7) is 1.81. The number of nitrogens with one attached hydrogen (secondary N) is 1. The van der Waals surface area contributed by atoms with Crippen LogP contribution in [0.3, 0.4) is 0 Å². The van der Waals surface area contributed by atoms with Gasteiger partial charge in [0.25, 0.3) is 0 Å². The summed E-state index contributed by atoms with van der Waals surface area (Å²) in [6.07, 6.45) is 4.48. The highest BCUT2D eigenvalue weighted by Crippen LogP contribution is 2.27. The summed E-state index contributed by atoms with van der Waals surface area (Å²) in [6, 6.07) is 7.06. The van der Waals surface area contributed by atoms with Crippen LogP contribution in [-0.4, -0.2) is 37.7 Å². The van der Waals surface area contributed by atoms with Crippen molar-refractivity contribution in [3.63, 3.8) is 0 Å². The largest absolute Gasteiger partial charge is 0.486 e. The van der Waals surface area contributed by atoms with Gasteiger partial charge in [0.05, 0.1) is 5.69 Å². The molecule has 1 aromatic carbocycles. The Morgan fingerprint density at radius 3 is 2.92 bits per heavy atom. The van der Waals surface area contributed by atoms with Crippen LogP contribution in [0.1, 0.15) is 30.3 Å². The van der Waals surface area contributed by atoms with E-state index in [1.54, 1.807) is 24.3 Å². The fourth-order valence-electron chi connectivity index (χ4n) is 2.86. The van der Waals surface area contributed by atoms with Crippen LogP contribution in [0, 0.1) is 0 Å². The number of halogens is 1. The van der Waals surface area contributed by atoms with Crippen molar-refractivity contribution in [2.24, 2.45) is 0 Å². The SMILES string of the molecule is CS(=O)(=O)c1cnc(COc2cccc(Cl)c2)nc1[C@@H]1CCCNC1. The predicted molar refractivity (Wildman–Crippen MR) is 95.8 cm³/mol. The van der Waals surface area contributed by atoms with Crippen LogP contribution in [0.5, 0.6) is 5.75 Å². The van der Waals surface area contributed by atoms with E-state index >= 15 is 0 Å². The first-order valence-corrected chi connectivity index (χ1v) is 10.4. The summed E-state index contributed by atoms with van der Waals surface area (Å²) in [5.41, 5.74) is 0.578. The smallest absolute Gasteiger partial charge is 0.178 e. The van der Waals surface area contributed by atoms with E-state index in [-0.39, 0.29) is 17.4 Å². The van der Waals surface area contributed by atoms with E-state index in [0.717, 1.165) is 19.4 Å². The number of hydrogen-bond donors (Lipinski definition) is 1. The number of aromatic nitrogens is 2. The summed E-state index contributed by atoms with van der Waals surface area (Å²) in [5.74, 6) is 1.13. The van der Waals surface area contributed by atoms with E-state index in [1.807, 2.05) is 0 Å². The molecule has 1 N–H and O–H groups in total. The van der Waals surface area contributed by atoms with Gasteiger partial charge in [-0.3, -0.25) is 0 Å². The Hall–Kier alpha value is -1.70. The lowest BCUT2D eigenvalue weighted by Gasteiger charge is -2.24. The molecule has 1 aromatic heterocycles. The molecule has 1 fully saturated rings. The van der Waals surface area contributed by atoms with Crippen LogP contribution in [0.2, 0.25) is 5.02 Å². The molecule has 134 valence electrons. The van der Waals surface area contributed by atoms with Crippen molar-refractivity contribution < 1.29 is 13.2 Å². The molecule has 0 radical (unpaired) electrons. The molecule has 0 saturated carbocycles. The zero-order valence-electron chi connectivity index (χ0n) is 13.9. The third-order valence-corrected chi connectivity index (χ3v) is 5.43. The molecule has 3 rings (SSSR count). The molecule has 2 heterocycles. The number of benzene rings is 1. The van der Waals surface area contributed by atoms with Gasteiger partial charge in [-0.15, -0.1) is 0 Å². The Morgan fingerprint density at radius 1 is 1.40 bits per heavy atom. The molecular formula is C17H20ClN3O3S. The summed E-state index contributed by atoms with van der Waals surface area (Å²) in [7, 11) is -3.38. The normalized spacial score (nSPS) is 18.1. The molecule has 0 unspecified atom stereocenters. The van der Waals surface area contributed by atoms with Crippen LogP contribution in [0.25, 0.3) is 0 Å². The molecule has 0 spiro atoms. The summed E-state index contributed by atoms with van der Waals surface area (Å²) in [5, 5.41) is 3.88. The first kappa shape index (κ1) is 18.1. The van der Waals surface area contributed by atoms with Crippen molar-refractivity contribution in [3.8, 4) is 5.75 Å². The maximum Gasteiger partial charge on any atom is 0.178 e. The zero-order chi connectivity index (χ0) is 17.9. The highest BCUT2D eigenvalue weighted by Gasteiger charge is 2.25. The summed E-state index contributed by atoms with van der Waals surface area (Å²) in [4.78, 5) is 8.88. The van der Waals surface area contributed by atoms with Crippen molar-refractivity contribution in [1.29, 1.82) is 0 Å². The molecule has 25 heavy (non-hydrogen) atoms. The minimum Gasteiger partial charge on any atom is -0.486 e. The average Bonchev–Trinajstić information content (AvgIpc) is 2.60. The van der Waals surface area contributed by atoms with Gasteiger partial charge in [-0.1, -0.05) is 17.7 Å². The van der Waals surface area contributed by atoms with Crippen molar-refractivity contribution in [2.45, 2.75) is 30.3 Å². The summed E-state index contributed by atoms with van der Waals surface area (Å²) >= 11 is 5.94. The van der Waals surface area contributed by atoms with Crippen molar-refractivity contribution in [1.82, 2.24) is 15.3 Å². The van der Waals surface area contributed by atoms with Crippen molar-refractivity contribution in [3.05, 3.63) is 47.0 Å². The molecule has 1 atom stereocenters. The molecule has 0 bridgehead atoms. The molecule has 6 nitrogen and oxygen atoms in total. The Bertz CT molecular complexity index is 852. The van der Waals surface area contributed by atoms with Gasteiger partial charge < -0.3 is 10.1 Å². The third-order valence-electron chi connectivity index (χ3n) is 4.08. The van der Waals surface area contributed by atoms with Gasteiger partial charge >= 0.3 is 0 Å². The van der Waals surface area contributed by atoms with Crippen LogP contribution < -0.4 is 10.1 Å². The van der Waals surface area contributed by atoms with Gasteiger partial charge in [-0.05, 0) is 37.6 Å². The number of sulfone groups is 1. The Morgan fingerprint density at radius 2 is 2.24 bits per heavy atom. The fraction of sp³-hybridized carbons (Fsp3) is 0.412.